The van der Waals surface area contributed by atoms with E-state index in [-0.39, 0.29) is 24.2 Å². The van der Waals surface area contributed by atoms with Gasteiger partial charge in [0, 0.05) is 6.54 Å². The van der Waals surface area contributed by atoms with Gasteiger partial charge in [0.25, 0.3) is 5.91 Å². The number of hydrogen-bond donors (Lipinski definition) is 1. The van der Waals surface area contributed by atoms with Crippen molar-refractivity contribution < 1.29 is 14.6 Å². The van der Waals surface area contributed by atoms with Crippen molar-refractivity contribution in [2.24, 2.45) is 0 Å². The largest absolute Gasteiger partial charge is 0.380 e. The van der Waals surface area contributed by atoms with Crippen LogP contribution in [0, 0.1) is 0 Å². The van der Waals surface area contributed by atoms with E-state index >= 15 is 0 Å². The van der Waals surface area contributed by atoms with Gasteiger partial charge < -0.3 is 14.7 Å². The number of likely N-dealkylation sites (tertiary alicyclic amines) is 1. The minimum Gasteiger partial charge on any atom is -0.380 e. The van der Waals surface area contributed by atoms with Crippen molar-refractivity contribution in [3.63, 3.8) is 0 Å². The minimum absolute atomic E-state index is 0.0164. The number of fused-ring (bicyclic) bond motifs is 1. The predicted molar refractivity (Wildman–Crippen MR) is 65.7 cm³/mol. The number of aliphatic hydroxyl groups is 1. The lowest BCUT2D eigenvalue weighted by Gasteiger charge is -2.22. The Morgan fingerprint density at radius 3 is 2.83 bits per heavy atom. The molecule has 2 aliphatic heterocycles. The summed E-state index contributed by atoms with van der Waals surface area (Å²) >= 11 is 0. The molecule has 4 atom stereocenters. The van der Waals surface area contributed by atoms with Gasteiger partial charge in [-0.05, 0) is 18.9 Å². The van der Waals surface area contributed by atoms with E-state index < -0.39 is 6.10 Å². The highest BCUT2D eigenvalue weighted by atomic mass is 16.5. The summed E-state index contributed by atoms with van der Waals surface area (Å²) in [7, 11) is 0. The summed E-state index contributed by atoms with van der Waals surface area (Å²) in [6.07, 6.45) is -0.429. The van der Waals surface area contributed by atoms with Crippen LogP contribution in [0.3, 0.4) is 0 Å². The average molecular weight is 247 g/mol. The molecule has 4 heteroatoms. The maximum atomic E-state index is 12.0. The first-order chi connectivity index (χ1) is 8.66. The third-order valence-corrected chi connectivity index (χ3v) is 3.79. The van der Waals surface area contributed by atoms with Crippen LogP contribution in [0.2, 0.25) is 0 Å². The van der Waals surface area contributed by atoms with Crippen molar-refractivity contribution in [3.05, 3.63) is 35.9 Å². The minimum atomic E-state index is -0.997. The van der Waals surface area contributed by atoms with Gasteiger partial charge in [-0.25, -0.2) is 0 Å². The molecule has 96 valence electrons. The van der Waals surface area contributed by atoms with Crippen LogP contribution in [0.4, 0.5) is 0 Å². The number of carbonyl (C=O) groups is 1. The summed E-state index contributed by atoms with van der Waals surface area (Å²) in [5.41, 5.74) is 1.08. The predicted octanol–water partition coefficient (Wildman–Crippen LogP) is 0.936. The van der Waals surface area contributed by atoms with E-state index in [0.29, 0.717) is 6.54 Å². The lowest BCUT2D eigenvalue weighted by Crippen LogP contribution is -2.34. The molecular formula is C14H17NO3. The number of rotatable bonds is 2. The van der Waals surface area contributed by atoms with Gasteiger partial charge in [0.05, 0.1) is 12.1 Å². The Balaban J connectivity index is 1.81. The van der Waals surface area contributed by atoms with Crippen LogP contribution in [0.15, 0.2) is 30.3 Å². The Bertz CT molecular complexity index is 448. The molecule has 1 aromatic carbocycles. The van der Waals surface area contributed by atoms with E-state index in [4.69, 9.17) is 4.74 Å². The van der Waals surface area contributed by atoms with Crippen LogP contribution < -0.4 is 0 Å². The standard InChI is InChI=1S/C14H17NO3/c1-9-7-11-13(18-9)12(16)14(17)15(11)8-10-5-3-2-4-6-10/h2-6,9,11-13,16H,7-8H2,1H3/t9?,11-,12+,13+/m0/s1. The Kier molecular flexibility index (Phi) is 2.84. The van der Waals surface area contributed by atoms with Gasteiger partial charge in [0.2, 0.25) is 0 Å². The number of aliphatic hydroxyl groups excluding tert-OH is 1. The first kappa shape index (κ1) is 11.7. The highest BCUT2D eigenvalue weighted by molar-refractivity contribution is 5.84. The first-order valence-corrected chi connectivity index (χ1v) is 6.35. The smallest absolute Gasteiger partial charge is 0.254 e. The molecule has 2 aliphatic rings. The fourth-order valence-electron chi connectivity index (χ4n) is 2.93. The van der Waals surface area contributed by atoms with Crippen LogP contribution in [-0.4, -0.2) is 40.3 Å². The van der Waals surface area contributed by atoms with E-state index in [0.717, 1.165) is 12.0 Å². The highest BCUT2D eigenvalue weighted by Crippen LogP contribution is 2.34. The highest BCUT2D eigenvalue weighted by Gasteiger charge is 2.52. The number of ether oxygens (including phenoxy) is 1. The molecule has 0 radical (unpaired) electrons. The summed E-state index contributed by atoms with van der Waals surface area (Å²) in [6.45, 7) is 2.53. The molecule has 0 aliphatic carbocycles. The van der Waals surface area contributed by atoms with Gasteiger partial charge in [-0.2, -0.15) is 0 Å². The number of amides is 1. The van der Waals surface area contributed by atoms with Gasteiger partial charge in [0.15, 0.2) is 6.10 Å². The molecule has 3 rings (SSSR count). The van der Waals surface area contributed by atoms with Crippen molar-refractivity contribution in [2.45, 2.75) is 44.2 Å². The topological polar surface area (TPSA) is 49.8 Å². The van der Waals surface area contributed by atoms with Gasteiger partial charge in [-0.1, -0.05) is 30.3 Å². The van der Waals surface area contributed by atoms with Crippen molar-refractivity contribution >= 4 is 5.91 Å². The molecule has 4 nitrogen and oxygen atoms in total. The van der Waals surface area contributed by atoms with Gasteiger partial charge in [0.1, 0.15) is 6.10 Å². The monoisotopic (exact) mass is 247 g/mol. The maximum Gasteiger partial charge on any atom is 0.254 e. The quantitative estimate of drug-likeness (QED) is 0.846. The second-order valence-corrected chi connectivity index (χ2v) is 5.11. The third-order valence-electron chi connectivity index (χ3n) is 3.79. The van der Waals surface area contributed by atoms with E-state index in [1.807, 2.05) is 37.3 Å². The Morgan fingerprint density at radius 2 is 2.11 bits per heavy atom. The van der Waals surface area contributed by atoms with Crippen LogP contribution in [0.25, 0.3) is 0 Å². The van der Waals surface area contributed by atoms with Crippen molar-refractivity contribution in [1.29, 1.82) is 0 Å². The Hall–Kier alpha value is -1.39. The fourth-order valence-corrected chi connectivity index (χ4v) is 2.93. The lowest BCUT2D eigenvalue weighted by molar-refractivity contribution is -0.138. The van der Waals surface area contributed by atoms with Crippen LogP contribution >= 0.6 is 0 Å². The van der Waals surface area contributed by atoms with E-state index in [1.54, 1.807) is 4.90 Å². The Labute approximate surface area is 106 Å². The summed E-state index contributed by atoms with van der Waals surface area (Å²) in [6, 6.07) is 9.86. The summed E-state index contributed by atoms with van der Waals surface area (Å²) in [5, 5.41) is 9.92. The molecule has 0 saturated carbocycles. The number of nitrogens with zero attached hydrogens (tertiary/aromatic N) is 1. The van der Waals surface area contributed by atoms with Gasteiger partial charge >= 0.3 is 0 Å². The molecule has 18 heavy (non-hydrogen) atoms. The molecule has 2 fully saturated rings. The maximum absolute atomic E-state index is 12.0. The zero-order valence-electron chi connectivity index (χ0n) is 10.3. The lowest BCUT2D eigenvalue weighted by atomic mass is 10.1. The van der Waals surface area contributed by atoms with Crippen LogP contribution in [0.5, 0.6) is 0 Å². The Morgan fingerprint density at radius 1 is 1.39 bits per heavy atom. The second kappa shape index (κ2) is 4.37. The van der Waals surface area contributed by atoms with E-state index in [9.17, 15) is 9.90 Å². The van der Waals surface area contributed by atoms with Crippen LogP contribution in [-0.2, 0) is 16.1 Å². The van der Waals surface area contributed by atoms with E-state index in [2.05, 4.69) is 0 Å². The second-order valence-electron chi connectivity index (χ2n) is 5.11. The third kappa shape index (κ3) is 1.82. The molecule has 2 heterocycles. The molecule has 1 aromatic rings. The number of hydrogen-bond acceptors (Lipinski definition) is 3. The zero-order chi connectivity index (χ0) is 12.7. The van der Waals surface area contributed by atoms with Crippen molar-refractivity contribution in [3.8, 4) is 0 Å². The number of carbonyl (C=O) groups excluding carboxylic acids is 1. The SMILES string of the molecule is CC1C[C@H]2[C@@H](O1)[C@@H](O)C(=O)N2Cc1ccccc1. The van der Waals surface area contributed by atoms with Crippen molar-refractivity contribution in [2.75, 3.05) is 0 Å². The first-order valence-electron chi connectivity index (χ1n) is 6.35. The normalized spacial score (nSPS) is 35.0. The molecule has 1 unspecified atom stereocenters. The van der Waals surface area contributed by atoms with Gasteiger partial charge in [-0.15, -0.1) is 0 Å². The van der Waals surface area contributed by atoms with Crippen molar-refractivity contribution in [1.82, 2.24) is 4.90 Å². The molecule has 1 amide bonds. The summed E-state index contributed by atoms with van der Waals surface area (Å²) in [4.78, 5) is 13.8. The zero-order valence-corrected chi connectivity index (χ0v) is 10.3. The fraction of sp³-hybridized carbons (Fsp3) is 0.500. The number of benzene rings is 1. The van der Waals surface area contributed by atoms with E-state index in [1.165, 1.54) is 0 Å². The molecular weight excluding hydrogens is 230 g/mol. The molecule has 0 bridgehead atoms. The summed E-state index contributed by atoms with van der Waals surface area (Å²) < 4.78 is 5.62. The average Bonchev–Trinajstić information content (AvgIpc) is 2.85. The van der Waals surface area contributed by atoms with Gasteiger partial charge in [-0.3, -0.25) is 4.79 Å². The molecule has 0 aromatic heterocycles. The molecule has 1 N–H and O–H groups in total. The summed E-state index contributed by atoms with van der Waals surface area (Å²) in [5.74, 6) is -0.208. The molecule has 0 spiro atoms. The molecule has 2 saturated heterocycles. The van der Waals surface area contributed by atoms with Crippen LogP contribution in [0.1, 0.15) is 18.9 Å².